The zero-order chi connectivity index (χ0) is 18.5. The number of hydrogen-bond acceptors (Lipinski definition) is 3. The molecule has 0 amide bonds. The predicted octanol–water partition coefficient (Wildman–Crippen LogP) is 5.66. The Morgan fingerprint density at radius 2 is 1.63 bits per heavy atom. The van der Waals surface area contributed by atoms with Crippen molar-refractivity contribution < 1.29 is 4.79 Å². The number of carbonyl (C=O) groups excluding carboxylic acids is 1. The topological polar surface area (TPSA) is 42.0 Å². The molecule has 0 spiro atoms. The van der Waals surface area contributed by atoms with E-state index in [0.717, 1.165) is 16.8 Å². The van der Waals surface area contributed by atoms with Gasteiger partial charge in [0.15, 0.2) is 5.78 Å². The van der Waals surface area contributed by atoms with Gasteiger partial charge in [-0.05, 0) is 34.5 Å². The molecule has 1 unspecified atom stereocenters. The first-order chi connectivity index (χ1) is 13.3. The summed E-state index contributed by atoms with van der Waals surface area (Å²) >= 11 is 0. The summed E-state index contributed by atoms with van der Waals surface area (Å²) in [4.78, 5) is 17.0. The number of ketones is 1. The number of nitrogens with one attached hydrogen (secondary N) is 1. The van der Waals surface area contributed by atoms with Gasteiger partial charge in [-0.2, -0.15) is 0 Å². The maximum Gasteiger partial charge on any atom is 0.165 e. The highest BCUT2D eigenvalue weighted by molar-refractivity contribution is 5.96. The van der Waals surface area contributed by atoms with Gasteiger partial charge in [-0.25, -0.2) is 0 Å². The summed E-state index contributed by atoms with van der Waals surface area (Å²) in [6.45, 7) is 0. The number of aromatic nitrogens is 1. The van der Waals surface area contributed by atoms with E-state index in [-0.39, 0.29) is 11.8 Å². The Kier molecular flexibility index (Phi) is 4.93. The van der Waals surface area contributed by atoms with Gasteiger partial charge in [-0.3, -0.25) is 9.78 Å². The van der Waals surface area contributed by atoms with Gasteiger partial charge in [0.25, 0.3) is 0 Å². The van der Waals surface area contributed by atoms with Crippen molar-refractivity contribution in [1.82, 2.24) is 4.98 Å². The van der Waals surface area contributed by atoms with Crippen molar-refractivity contribution in [3.63, 3.8) is 0 Å². The van der Waals surface area contributed by atoms with Crippen molar-refractivity contribution in [3.8, 4) is 0 Å². The molecule has 132 valence electrons. The molecule has 0 saturated heterocycles. The van der Waals surface area contributed by atoms with Crippen molar-refractivity contribution in [2.24, 2.45) is 0 Å². The van der Waals surface area contributed by atoms with E-state index < -0.39 is 0 Å². The molecule has 0 aliphatic heterocycles. The monoisotopic (exact) mass is 352 g/mol. The summed E-state index contributed by atoms with van der Waals surface area (Å²) in [5.41, 5.74) is 2.71. The largest absolute Gasteiger partial charge is 0.378 e. The van der Waals surface area contributed by atoms with Crippen LogP contribution in [0.2, 0.25) is 0 Å². The minimum atomic E-state index is -0.146. The van der Waals surface area contributed by atoms with Crippen LogP contribution in [0.4, 0.5) is 5.69 Å². The minimum absolute atomic E-state index is 0.109. The van der Waals surface area contributed by atoms with Gasteiger partial charge >= 0.3 is 0 Å². The second-order valence-electron chi connectivity index (χ2n) is 6.54. The lowest BCUT2D eigenvalue weighted by Crippen LogP contribution is -2.16. The molecule has 0 aliphatic carbocycles. The minimum Gasteiger partial charge on any atom is -0.378 e. The number of pyridine rings is 1. The molecule has 0 radical (unpaired) electrons. The SMILES string of the molecule is O=C(CC(Nc1ccc2ccccc2c1)c1cccnc1)c1ccccc1. The van der Waals surface area contributed by atoms with Crippen molar-refractivity contribution >= 4 is 22.2 Å². The summed E-state index contributed by atoms with van der Waals surface area (Å²) in [6.07, 6.45) is 3.93. The molecule has 1 atom stereocenters. The molecule has 3 aromatic carbocycles. The van der Waals surface area contributed by atoms with E-state index in [0.29, 0.717) is 6.42 Å². The Bertz CT molecular complexity index is 1050. The van der Waals surface area contributed by atoms with E-state index in [9.17, 15) is 4.79 Å². The van der Waals surface area contributed by atoms with Gasteiger partial charge in [-0.15, -0.1) is 0 Å². The second kappa shape index (κ2) is 7.83. The van der Waals surface area contributed by atoms with Gasteiger partial charge in [0.05, 0.1) is 6.04 Å². The second-order valence-corrected chi connectivity index (χ2v) is 6.54. The van der Waals surface area contributed by atoms with E-state index in [1.807, 2.05) is 60.8 Å². The normalized spacial score (nSPS) is 11.9. The standard InChI is InChI=1S/C24H20N2O/c27-24(19-8-2-1-3-9-19)16-23(21-11-6-14-25-17-21)26-22-13-12-18-7-4-5-10-20(18)15-22/h1-15,17,23,26H,16H2. The number of anilines is 1. The molecule has 0 fully saturated rings. The van der Waals surface area contributed by atoms with Crippen LogP contribution in [0.25, 0.3) is 10.8 Å². The quantitative estimate of drug-likeness (QED) is 0.455. The molecule has 4 aromatic rings. The van der Waals surface area contributed by atoms with Gasteiger partial charge in [0.2, 0.25) is 0 Å². The third-order valence-electron chi connectivity index (χ3n) is 4.66. The van der Waals surface area contributed by atoms with Gasteiger partial charge in [0.1, 0.15) is 0 Å². The van der Waals surface area contributed by atoms with Gasteiger partial charge < -0.3 is 5.32 Å². The number of rotatable bonds is 6. The lowest BCUT2D eigenvalue weighted by Gasteiger charge is -2.20. The van der Waals surface area contributed by atoms with Crippen molar-refractivity contribution in [2.75, 3.05) is 5.32 Å². The fraction of sp³-hybridized carbons (Fsp3) is 0.0833. The lowest BCUT2D eigenvalue weighted by molar-refractivity contribution is 0.0976. The summed E-state index contributed by atoms with van der Waals surface area (Å²) < 4.78 is 0. The average molecular weight is 352 g/mol. The fourth-order valence-corrected chi connectivity index (χ4v) is 3.24. The summed E-state index contributed by atoms with van der Waals surface area (Å²) in [5, 5.41) is 5.89. The molecule has 1 N–H and O–H groups in total. The molecular weight excluding hydrogens is 332 g/mol. The summed E-state index contributed by atoms with van der Waals surface area (Å²) in [5.74, 6) is 0.109. The van der Waals surface area contributed by atoms with E-state index >= 15 is 0 Å². The van der Waals surface area contributed by atoms with E-state index in [1.54, 1.807) is 6.20 Å². The Labute approximate surface area is 158 Å². The molecule has 0 bridgehead atoms. The number of nitrogens with zero attached hydrogens (tertiary/aromatic N) is 1. The Balaban J connectivity index is 1.62. The number of fused-ring (bicyclic) bond motifs is 1. The molecular formula is C24H20N2O. The number of carbonyl (C=O) groups is 1. The van der Waals surface area contributed by atoms with E-state index in [1.165, 1.54) is 10.8 Å². The molecule has 27 heavy (non-hydrogen) atoms. The highest BCUT2D eigenvalue weighted by Crippen LogP contribution is 2.26. The van der Waals surface area contributed by atoms with Gasteiger partial charge in [0, 0.05) is 30.1 Å². The van der Waals surface area contributed by atoms with Crippen molar-refractivity contribution in [3.05, 3.63) is 108 Å². The van der Waals surface area contributed by atoms with E-state index in [2.05, 4.69) is 40.6 Å². The highest BCUT2D eigenvalue weighted by atomic mass is 16.1. The maximum atomic E-state index is 12.8. The number of Topliss-reactive ketones (excluding diaryl/α,β-unsaturated/α-hetero) is 1. The maximum absolute atomic E-state index is 12.8. The zero-order valence-electron chi connectivity index (χ0n) is 14.9. The summed E-state index contributed by atoms with van der Waals surface area (Å²) in [6, 6.07) is 27.7. The van der Waals surface area contributed by atoms with E-state index in [4.69, 9.17) is 0 Å². The molecule has 0 saturated carbocycles. The summed E-state index contributed by atoms with van der Waals surface area (Å²) in [7, 11) is 0. The van der Waals surface area contributed by atoms with Crippen molar-refractivity contribution in [1.29, 1.82) is 0 Å². The third-order valence-corrected chi connectivity index (χ3v) is 4.66. The first kappa shape index (κ1) is 17.0. The molecule has 3 nitrogen and oxygen atoms in total. The van der Waals surface area contributed by atoms with Crippen LogP contribution in [-0.4, -0.2) is 10.8 Å². The molecule has 0 aliphatic rings. The van der Waals surface area contributed by atoms with Crippen molar-refractivity contribution in [2.45, 2.75) is 12.5 Å². The molecule has 4 rings (SSSR count). The average Bonchev–Trinajstić information content (AvgIpc) is 2.74. The molecule has 3 heteroatoms. The molecule has 1 aromatic heterocycles. The Morgan fingerprint density at radius 1 is 0.852 bits per heavy atom. The smallest absolute Gasteiger partial charge is 0.165 e. The molecule has 1 heterocycles. The van der Waals surface area contributed by atoms with Crippen LogP contribution in [0, 0.1) is 0 Å². The van der Waals surface area contributed by atoms with Crippen LogP contribution < -0.4 is 5.32 Å². The lowest BCUT2D eigenvalue weighted by atomic mass is 9.98. The first-order valence-electron chi connectivity index (χ1n) is 9.03. The van der Waals surface area contributed by atoms with Crippen LogP contribution in [0.1, 0.15) is 28.4 Å². The predicted molar refractivity (Wildman–Crippen MR) is 110 cm³/mol. The Morgan fingerprint density at radius 3 is 2.41 bits per heavy atom. The van der Waals surface area contributed by atoms with Crippen LogP contribution in [-0.2, 0) is 0 Å². The zero-order valence-corrected chi connectivity index (χ0v) is 14.9. The highest BCUT2D eigenvalue weighted by Gasteiger charge is 2.17. The van der Waals surface area contributed by atoms with Crippen LogP contribution in [0.5, 0.6) is 0 Å². The van der Waals surface area contributed by atoms with Crippen LogP contribution >= 0.6 is 0 Å². The fourth-order valence-electron chi connectivity index (χ4n) is 3.24. The van der Waals surface area contributed by atoms with Gasteiger partial charge in [-0.1, -0.05) is 66.7 Å². The third kappa shape index (κ3) is 4.04. The Hall–Kier alpha value is -3.46. The van der Waals surface area contributed by atoms with Crippen LogP contribution in [0.3, 0.4) is 0 Å². The number of hydrogen-bond donors (Lipinski definition) is 1. The number of benzene rings is 3. The van der Waals surface area contributed by atoms with Crippen LogP contribution in [0.15, 0.2) is 97.3 Å². The first-order valence-corrected chi connectivity index (χ1v) is 9.03.